The number of nitrogens with zero attached hydrogens (tertiary/aromatic N) is 1. The number of piperazine rings is 1. The summed E-state index contributed by atoms with van der Waals surface area (Å²) in [5.41, 5.74) is 1.03. The Kier molecular flexibility index (Phi) is 4.93. The van der Waals surface area contributed by atoms with E-state index in [1.165, 1.54) is 12.1 Å². The third-order valence-electron chi connectivity index (χ3n) is 3.48. The molecule has 0 bridgehead atoms. The smallest absolute Gasteiger partial charge is 0.127 e. The van der Waals surface area contributed by atoms with Crippen LogP contribution in [0.1, 0.15) is 18.5 Å². The van der Waals surface area contributed by atoms with E-state index >= 15 is 0 Å². The molecule has 0 spiro atoms. The lowest BCUT2D eigenvalue weighted by molar-refractivity contribution is 0.181. The van der Waals surface area contributed by atoms with E-state index in [1.807, 2.05) is 6.07 Å². The highest BCUT2D eigenvalue weighted by molar-refractivity contribution is 5.36. The topological polar surface area (TPSA) is 24.5 Å². The standard InChI is InChI=1S/C15H21FN2O/c1-3-10-19-15-11-13(16)4-5-14(15)12(2)18-8-6-17-7-9-18/h3-5,11-12,17H,1,6-10H2,2H3. The molecule has 0 aliphatic carbocycles. The van der Waals surface area contributed by atoms with Crippen molar-refractivity contribution in [2.75, 3.05) is 32.8 Å². The lowest BCUT2D eigenvalue weighted by Crippen LogP contribution is -2.44. The summed E-state index contributed by atoms with van der Waals surface area (Å²) >= 11 is 0. The van der Waals surface area contributed by atoms with Crippen LogP contribution in [0.25, 0.3) is 0 Å². The number of benzene rings is 1. The fourth-order valence-electron chi connectivity index (χ4n) is 2.39. The van der Waals surface area contributed by atoms with Gasteiger partial charge in [0, 0.05) is 43.9 Å². The molecular formula is C15H21FN2O. The normalized spacial score (nSPS) is 18.0. The summed E-state index contributed by atoms with van der Waals surface area (Å²) in [6.45, 7) is 10.1. The van der Waals surface area contributed by atoms with Crippen LogP contribution in [0, 0.1) is 5.82 Å². The van der Waals surface area contributed by atoms with Crippen LogP contribution in [0.5, 0.6) is 5.75 Å². The second-order valence-corrected chi connectivity index (χ2v) is 4.74. The van der Waals surface area contributed by atoms with Crippen molar-refractivity contribution in [1.82, 2.24) is 10.2 Å². The van der Waals surface area contributed by atoms with E-state index in [0.29, 0.717) is 12.4 Å². The van der Waals surface area contributed by atoms with Crippen LogP contribution in [-0.2, 0) is 0 Å². The Morgan fingerprint density at radius 1 is 1.47 bits per heavy atom. The number of nitrogens with one attached hydrogen (secondary N) is 1. The van der Waals surface area contributed by atoms with Gasteiger partial charge in [0.05, 0.1) is 0 Å². The Hall–Kier alpha value is -1.39. The van der Waals surface area contributed by atoms with Crippen molar-refractivity contribution in [3.05, 3.63) is 42.2 Å². The summed E-state index contributed by atoms with van der Waals surface area (Å²) in [5.74, 6) is 0.348. The molecule has 2 rings (SSSR count). The molecule has 1 saturated heterocycles. The van der Waals surface area contributed by atoms with E-state index in [4.69, 9.17) is 4.74 Å². The predicted molar refractivity (Wildman–Crippen MR) is 74.9 cm³/mol. The van der Waals surface area contributed by atoms with E-state index in [1.54, 1.807) is 6.08 Å². The van der Waals surface area contributed by atoms with Gasteiger partial charge in [-0.3, -0.25) is 4.90 Å². The van der Waals surface area contributed by atoms with Gasteiger partial charge < -0.3 is 10.1 Å². The van der Waals surface area contributed by atoms with E-state index in [-0.39, 0.29) is 11.9 Å². The Morgan fingerprint density at radius 2 is 2.21 bits per heavy atom. The van der Waals surface area contributed by atoms with Crippen LogP contribution in [0.3, 0.4) is 0 Å². The summed E-state index contributed by atoms with van der Waals surface area (Å²) < 4.78 is 18.9. The van der Waals surface area contributed by atoms with Crippen LogP contribution in [-0.4, -0.2) is 37.7 Å². The van der Waals surface area contributed by atoms with Gasteiger partial charge in [-0.15, -0.1) is 0 Å². The summed E-state index contributed by atoms with van der Waals surface area (Å²) in [5, 5.41) is 3.33. The molecule has 4 heteroatoms. The Bertz CT molecular complexity index is 430. The van der Waals surface area contributed by atoms with Gasteiger partial charge in [-0.05, 0) is 13.0 Å². The second-order valence-electron chi connectivity index (χ2n) is 4.74. The van der Waals surface area contributed by atoms with Crippen LogP contribution in [0.4, 0.5) is 4.39 Å². The molecule has 1 aliphatic heterocycles. The molecule has 0 radical (unpaired) electrons. The average Bonchev–Trinajstić information content (AvgIpc) is 2.45. The van der Waals surface area contributed by atoms with Gasteiger partial charge in [0.15, 0.2) is 0 Å². The number of halogens is 1. The van der Waals surface area contributed by atoms with Gasteiger partial charge >= 0.3 is 0 Å². The molecule has 19 heavy (non-hydrogen) atoms. The molecule has 0 saturated carbocycles. The molecule has 104 valence electrons. The molecule has 0 amide bonds. The molecular weight excluding hydrogens is 243 g/mol. The first kappa shape index (κ1) is 14.0. The average molecular weight is 264 g/mol. The minimum absolute atomic E-state index is 0.225. The second kappa shape index (κ2) is 6.68. The van der Waals surface area contributed by atoms with Crippen molar-refractivity contribution in [1.29, 1.82) is 0 Å². The highest BCUT2D eigenvalue weighted by atomic mass is 19.1. The Balaban J connectivity index is 2.18. The lowest BCUT2D eigenvalue weighted by atomic mass is 10.0. The number of rotatable bonds is 5. The van der Waals surface area contributed by atoms with Crippen LogP contribution < -0.4 is 10.1 Å². The van der Waals surface area contributed by atoms with Gasteiger partial charge in [0.1, 0.15) is 18.2 Å². The zero-order valence-electron chi connectivity index (χ0n) is 11.4. The highest BCUT2D eigenvalue weighted by Crippen LogP contribution is 2.30. The highest BCUT2D eigenvalue weighted by Gasteiger charge is 2.21. The van der Waals surface area contributed by atoms with Crippen molar-refractivity contribution in [3.63, 3.8) is 0 Å². The van der Waals surface area contributed by atoms with E-state index in [2.05, 4.69) is 23.7 Å². The van der Waals surface area contributed by atoms with Crippen LogP contribution in [0.15, 0.2) is 30.9 Å². The van der Waals surface area contributed by atoms with Gasteiger partial charge in [-0.1, -0.05) is 18.7 Å². The monoisotopic (exact) mass is 264 g/mol. The minimum Gasteiger partial charge on any atom is -0.489 e. The van der Waals surface area contributed by atoms with Crippen LogP contribution >= 0.6 is 0 Å². The first-order chi connectivity index (χ1) is 9.22. The van der Waals surface area contributed by atoms with E-state index < -0.39 is 0 Å². The zero-order chi connectivity index (χ0) is 13.7. The fourth-order valence-corrected chi connectivity index (χ4v) is 2.39. The molecule has 1 unspecified atom stereocenters. The quantitative estimate of drug-likeness (QED) is 0.826. The SMILES string of the molecule is C=CCOc1cc(F)ccc1C(C)N1CCNCC1. The Morgan fingerprint density at radius 3 is 2.89 bits per heavy atom. The summed E-state index contributed by atoms with van der Waals surface area (Å²) in [6, 6.07) is 5.00. The first-order valence-electron chi connectivity index (χ1n) is 6.70. The number of hydrogen-bond donors (Lipinski definition) is 1. The van der Waals surface area contributed by atoms with Crippen molar-refractivity contribution in [2.45, 2.75) is 13.0 Å². The minimum atomic E-state index is -0.268. The zero-order valence-corrected chi connectivity index (χ0v) is 11.4. The summed E-state index contributed by atoms with van der Waals surface area (Å²) in [6.07, 6.45) is 1.67. The molecule has 1 aromatic carbocycles. The van der Waals surface area contributed by atoms with Crippen molar-refractivity contribution in [2.24, 2.45) is 0 Å². The van der Waals surface area contributed by atoms with Crippen LogP contribution in [0.2, 0.25) is 0 Å². The molecule has 1 N–H and O–H groups in total. The summed E-state index contributed by atoms with van der Waals surface area (Å²) in [7, 11) is 0. The third kappa shape index (κ3) is 3.55. The molecule has 0 aromatic heterocycles. The molecule has 3 nitrogen and oxygen atoms in total. The van der Waals surface area contributed by atoms with Crippen molar-refractivity contribution < 1.29 is 9.13 Å². The molecule has 1 fully saturated rings. The molecule has 1 atom stereocenters. The van der Waals surface area contributed by atoms with Gasteiger partial charge in [-0.25, -0.2) is 4.39 Å². The number of ether oxygens (including phenoxy) is 1. The maximum atomic E-state index is 13.4. The summed E-state index contributed by atoms with van der Waals surface area (Å²) in [4.78, 5) is 2.38. The molecule has 1 heterocycles. The predicted octanol–water partition coefficient (Wildman–Crippen LogP) is 2.36. The fraction of sp³-hybridized carbons (Fsp3) is 0.467. The van der Waals surface area contributed by atoms with Gasteiger partial charge in [0.25, 0.3) is 0 Å². The largest absolute Gasteiger partial charge is 0.489 e. The molecule has 1 aromatic rings. The molecule has 1 aliphatic rings. The maximum Gasteiger partial charge on any atom is 0.127 e. The first-order valence-corrected chi connectivity index (χ1v) is 6.70. The number of hydrogen-bond acceptors (Lipinski definition) is 3. The third-order valence-corrected chi connectivity index (χ3v) is 3.48. The van der Waals surface area contributed by atoms with Crippen molar-refractivity contribution in [3.8, 4) is 5.75 Å². The van der Waals surface area contributed by atoms with Gasteiger partial charge in [-0.2, -0.15) is 0 Å². The van der Waals surface area contributed by atoms with Gasteiger partial charge in [0.2, 0.25) is 0 Å². The maximum absolute atomic E-state index is 13.4. The Labute approximate surface area is 114 Å². The lowest BCUT2D eigenvalue weighted by Gasteiger charge is -2.33. The van der Waals surface area contributed by atoms with Crippen molar-refractivity contribution >= 4 is 0 Å². The van der Waals surface area contributed by atoms with E-state index in [0.717, 1.165) is 31.7 Å². The van der Waals surface area contributed by atoms with E-state index in [9.17, 15) is 4.39 Å².